The fourth-order valence-electron chi connectivity index (χ4n) is 2.59. The lowest BCUT2D eigenvalue weighted by Gasteiger charge is -2.47. The second-order valence-electron chi connectivity index (χ2n) is 5.75. The van der Waals surface area contributed by atoms with Crippen LogP contribution < -0.4 is 9.75 Å². The van der Waals surface area contributed by atoms with Gasteiger partial charge in [0.15, 0.2) is 23.1 Å². The van der Waals surface area contributed by atoms with Crippen LogP contribution in [0.5, 0.6) is 5.75 Å². The summed E-state index contributed by atoms with van der Waals surface area (Å²) in [6.45, 7) is 3.45. The summed E-state index contributed by atoms with van der Waals surface area (Å²) < 4.78 is 19.9. The summed E-state index contributed by atoms with van der Waals surface area (Å²) in [7, 11) is 1.68. The Morgan fingerprint density at radius 2 is 2.09 bits per heavy atom. The number of hydrazine groups is 1. The maximum atomic E-state index is 14.1. The molecule has 116 valence electrons. The number of rotatable bonds is 1. The highest BCUT2D eigenvalue weighted by atomic mass is 19.1. The molecular formula is C15H15FN2O4. The fraction of sp³-hybridized carbons (Fsp3) is 0.333. The third-order valence-electron chi connectivity index (χ3n) is 3.98. The monoisotopic (exact) mass is 306 g/mol. The first-order chi connectivity index (χ1) is 10.2. The van der Waals surface area contributed by atoms with Crippen LogP contribution in [0.15, 0.2) is 23.9 Å². The van der Waals surface area contributed by atoms with Crippen molar-refractivity contribution in [2.24, 2.45) is 0 Å². The lowest BCUT2D eigenvalue weighted by molar-refractivity contribution is -0.134. The van der Waals surface area contributed by atoms with E-state index in [0.717, 1.165) is 0 Å². The zero-order valence-electron chi connectivity index (χ0n) is 12.4. The number of carbonyl (C=O) groups is 2. The second-order valence-corrected chi connectivity index (χ2v) is 5.75. The summed E-state index contributed by atoms with van der Waals surface area (Å²) in [6.07, 6.45) is 1.11. The van der Waals surface area contributed by atoms with Gasteiger partial charge in [-0.25, -0.2) is 9.18 Å². The number of carboxylic acid groups (broad SMARTS) is 1. The maximum absolute atomic E-state index is 14.1. The van der Waals surface area contributed by atoms with Crippen LogP contribution in [0.2, 0.25) is 0 Å². The van der Waals surface area contributed by atoms with Gasteiger partial charge in [-0.15, -0.1) is 0 Å². The number of benzene rings is 1. The van der Waals surface area contributed by atoms with Crippen molar-refractivity contribution in [3.8, 4) is 5.75 Å². The highest BCUT2D eigenvalue weighted by molar-refractivity contribution is 6.18. The van der Waals surface area contributed by atoms with E-state index in [0.29, 0.717) is 11.3 Å². The maximum Gasteiger partial charge on any atom is 0.340 e. The Hall–Kier alpha value is -2.41. The summed E-state index contributed by atoms with van der Waals surface area (Å²) in [5.74, 6) is -2.36. The number of Topliss-reactive ketones (excluding diaryl/α,β-unsaturated/α-hetero) is 1. The number of anilines is 1. The average Bonchev–Trinajstić information content (AvgIpc) is 2.56. The number of ketones is 1. The Balaban J connectivity index is 2.30. The highest BCUT2D eigenvalue weighted by Crippen LogP contribution is 2.44. The van der Waals surface area contributed by atoms with Gasteiger partial charge in [-0.1, -0.05) is 6.07 Å². The first-order valence-electron chi connectivity index (χ1n) is 6.74. The van der Waals surface area contributed by atoms with Gasteiger partial charge in [-0.05, 0) is 25.5 Å². The second kappa shape index (κ2) is 4.54. The predicted octanol–water partition coefficient (Wildman–Crippen LogP) is 1.70. The molecule has 0 aliphatic carbocycles. The zero-order chi connectivity index (χ0) is 16.2. The molecule has 0 radical (unpaired) electrons. The molecule has 3 rings (SSSR count). The smallest absolute Gasteiger partial charge is 0.340 e. The van der Waals surface area contributed by atoms with Crippen molar-refractivity contribution in [3.05, 3.63) is 35.3 Å². The molecule has 0 saturated carbocycles. The molecule has 1 aromatic carbocycles. The van der Waals surface area contributed by atoms with Crippen LogP contribution in [0.4, 0.5) is 10.1 Å². The molecule has 1 aromatic rings. The Bertz CT molecular complexity index is 726. The van der Waals surface area contributed by atoms with Crippen LogP contribution in [-0.4, -0.2) is 34.6 Å². The van der Waals surface area contributed by atoms with Gasteiger partial charge in [0.2, 0.25) is 0 Å². The van der Waals surface area contributed by atoms with E-state index in [1.807, 2.05) is 0 Å². The van der Waals surface area contributed by atoms with Crippen LogP contribution in [0.3, 0.4) is 0 Å². The van der Waals surface area contributed by atoms with Crippen molar-refractivity contribution >= 4 is 17.4 Å². The molecule has 0 atom stereocenters. The van der Waals surface area contributed by atoms with Crippen LogP contribution in [0, 0.1) is 5.82 Å². The molecule has 0 spiro atoms. The topological polar surface area (TPSA) is 70.1 Å². The molecular weight excluding hydrogens is 291 g/mol. The van der Waals surface area contributed by atoms with Gasteiger partial charge in [-0.2, -0.15) is 5.01 Å². The minimum atomic E-state index is -1.31. The number of carbonyl (C=O) groups excluding carboxylic acids is 1. The molecule has 1 N–H and O–H groups in total. The van der Waals surface area contributed by atoms with E-state index in [2.05, 4.69) is 0 Å². The molecule has 7 heteroatoms. The van der Waals surface area contributed by atoms with E-state index in [1.54, 1.807) is 25.9 Å². The molecule has 0 fully saturated rings. The quantitative estimate of drug-likeness (QED) is 0.796. The summed E-state index contributed by atoms with van der Waals surface area (Å²) >= 11 is 0. The average molecular weight is 306 g/mol. The minimum absolute atomic E-state index is 0.0243. The number of ether oxygens (including phenoxy) is 1. The third kappa shape index (κ3) is 1.97. The number of aliphatic carboxylic acids is 1. The van der Waals surface area contributed by atoms with Crippen LogP contribution in [0.1, 0.15) is 19.4 Å². The van der Waals surface area contributed by atoms with E-state index in [-0.39, 0.29) is 17.7 Å². The van der Waals surface area contributed by atoms with Crippen LogP contribution in [0.25, 0.3) is 0 Å². The first-order valence-corrected chi connectivity index (χ1v) is 6.74. The van der Waals surface area contributed by atoms with Gasteiger partial charge in [0, 0.05) is 19.7 Å². The van der Waals surface area contributed by atoms with Crippen molar-refractivity contribution < 1.29 is 23.8 Å². The number of nitrogens with zero attached hydrogens (tertiary/aromatic N) is 2. The van der Waals surface area contributed by atoms with E-state index >= 15 is 0 Å². The Kier molecular flexibility index (Phi) is 3.00. The van der Waals surface area contributed by atoms with Crippen molar-refractivity contribution in [2.75, 3.05) is 12.1 Å². The molecule has 0 saturated heterocycles. The summed E-state index contributed by atoms with van der Waals surface area (Å²) in [5.41, 5.74) is -0.352. The predicted molar refractivity (Wildman–Crippen MR) is 75.8 cm³/mol. The minimum Gasteiger partial charge on any atom is -0.478 e. The normalized spacial score (nSPS) is 19.9. The van der Waals surface area contributed by atoms with E-state index < -0.39 is 23.3 Å². The van der Waals surface area contributed by atoms with Crippen molar-refractivity contribution in [1.29, 1.82) is 0 Å². The third-order valence-corrected chi connectivity index (χ3v) is 3.98. The lowest BCUT2D eigenvalue weighted by atomic mass is 10.0. The van der Waals surface area contributed by atoms with Gasteiger partial charge in [0.1, 0.15) is 11.3 Å². The van der Waals surface area contributed by atoms with Crippen molar-refractivity contribution in [2.45, 2.75) is 26.0 Å². The number of carboxylic acids is 1. The Morgan fingerprint density at radius 3 is 2.73 bits per heavy atom. The largest absolute Gasteiger partial charge is 0.478 e. The lowest BCUT2D eigenvalue weighted by Crippen LogP contribution is -2.57. The van der Waals surface area contributed by atoms with E-state index in [4.69, 9.17) is 4.74 Å². The van der Waals surface area contributed by atoms with E-state index in [1.165, 1.54) is 23.3 Å². The summed E-state index contributed by atoms with van der Waals surface area (Å²) in [4.78, 5) is 23.5. The van der Waals surface area contributed by atoms with Crippen molar-refractivity contribution in [3.63, 3.8) is 0 Å². The highest BCUT2D eigenvalue weighted by Gasteiger charge is 2.41. The van der Waals surface area contributed by atoms with Gasteiger partial charge < -0.3 is 9.84 Å². The first kappa shape index (κ1) is 14.5. The van der Waals surface area contributed by atoms with Crippen LogP contribution >= 0.6 is 0 Å². The number of hydrogen-bond acceptors (Lipinski definition) is 5. The zero-order valence-corrected chi connectivity index (χ0v) is 12.4. The van der Waals surface area contributed by atoms with Gasteiger partial charge in [-0.3, -0.25) is 9.80 Å². The molecule has 2 aliphatic heterocycles. The number of hydrogen-bond donors (Lipinski definition) is 1. The van der Waals surface area contributed by atoms with E-state index in [9.17, 15) is 19.1 Å². The molecule has 22 heavy (non-hydrogen) atoms. The van der Waals surface area contributed by atoms with Gasteiger partial charge in [0.05, 0.1) is 0 Å². The van der Waals surface area contributed by atoms with Crippen molar-refractivity contribution in [1.82, 2.24) is 5.01 Å². The van der Waals surface area contributed by atoms with Crippen LogP contribution in [-0.2, 0) is 16.0 Å². The molecule has 0 amide bonds. The molecule has 6 nitrogen and oxygen atoms in total. The van der Waals surface area contributed by atoms with Gasteiger partial charge >= 0.3 is 5.97 Å². The Labute approximate surface area is 126 Å². The number of halogens is 1. The molecule has 2 aliphatic rings. The fourth-order valence-corrected chi connectivity index (χ4v) is 2.59. The Morgan fingerprint density at radius 1 is 1.41 bits per heavy atom. The molecule has 0 bridgehead atoms. The molecule has 0 aromatic heterocycles. The summed E-state index contributed by atoms with van der Waals surface area (Å²) in [5, 5.41) is 12.3. The van der Waals surface area contributed by atoms with Gasteiger partial charge in [0.25, 0.3) is 0 Å². The molecule has 2 heterocycles. The SMILES string of the molecule is CN1N2C=C(C(=O)O)C(=O)Cc3ccc(F)c(c32)OC1(C)C. The molecule has 0 unspecified atom stereocenters. The summed E-state index contributed by atoms with van der Waals surface area (Å²) in [6, 6.07) is 2.71. The standard InChI is InChI=1S/C15H15FN2O4/c1-15(2)17(3)18-7-9(14(20)21)11(19)6-8-4-5-10(16)13(22-15)12(8)18/h4-5,7H,6H2,1-3H3,(H,20,21).